The molecule has 0 unspecified atom stereocenters. The molecule has 0 aliphatic heterocycles. The van der Waals surface area contributed by atoms with E-state index in [1.54, 1.807) is 11.8 Å². The zero-order chi connectivity index (χ0) is 10.2. The molecule has 0 heterocycles. The maximum Gasteiger partial charge on any atom is 0.320 e. The monoisotopic (exact) mass is 211 g/mol. The minimum atomic E-state index is -0.356. The first-order valence-electron chi connectivity index (χ1n) is 4.30. The van der Waals surface area contributed by atoms with Crippen LogP contribution in [0.2, 0.25) is 0 Å². The van der Waals surface area contributed by atoms with E-state index >= 15 is 0 Å². The fraction of sp³-hybridized carbons (Fsp3) is 0.300. The van der Waals surface area contributed by atoms with Crippen LogP contribution in [0, 0.1) is 0 Å². The van der Waals surface area contributed by atoms with E-state index in [2.05, 4.69) is 0 Å². The van der Waals surface area contributed by atoms with E-state index in [1.807, 2.05) is 30.3 Å². The van der Waals surface area contributed by atoms with Gasteiger partial charge in [-0.15, -0.1) is 11.8 Å². The van der Waals surface area contributed by atoms with Gasteiger partial charge in [0.2, 0.25) is 0 Å². The van der Waals surface area contributed by atoms with E-state index < -0.39 is 0 Å². The number of hydrogen-bond donors (Lipinski definition) is 1. The Morgan fingerprint density at radius 1 is 1.36 bits per heavy atom. The third kappa shape index (κ3) is 4.30. The van der Waals surface area contributed by atoms with Crippen LogP contribution in [0.15, 0.2) is 30.3 Å². The zero-order valence-electron chi connectivity index (χ0n) is 7.81. The van der Waals surface area contributed by atoms with Crippen molar-refractivity contribution in [2.24, 2.45) is 5.73 Å². The van der Waals surface area contributed by atoms with Crippen molar-refractivity contribution in [2.75, 3.05) is 12.5 Å². The van der Waals surface area contributed by atoms with E-state index in [4.69, 9.17) is 10.5 Å². The van der Waals surface area contributed by atoms with Gasteiger partial charge in [0.25, 0.3) is 0 Å². The van der Waals surface area contributed by atoms with Gasteiger partial charge in [-0.05, 0) is 5.56 Å². The molecule has 2 N–H and O–H groups in total. The molecule has 3 nitrogen and oxygen atoms in total. The van der Waals surface area contributed by atoms with Gasteiger partial charge in [-0.25, -0.2) is 0 Å². The zero-order valence-corrected chi connectivity index (χ0v) is 8.63. The molecule has 0 spiro atoms. The standard InChI is InChI=1S/C10H13NO2S/c11-6-10(12)13-8-14-7-9-4-2-1-3-5-9/h1-5H,6-8,11H2. The number of ether oxygens (including phenoxy) is 1. The van der Waals surface area contributed by atoms with Crippen LogP contribution < -0.4 is 5.73 Å². The predicted octanol–water partition coefficient (Wildman–Crippen LogP) is 1.38. The first-order valence-corrected chi connectivity index (χ1v) is 5.46. The summed E-state index contributed by atoms with van der Waals surface area (Å²) in [7, 11) is 0. The Morgan fingerprint density at radius 2 is 2.07 bits per heavy atom. The summed E-state index contributed by atoms with van der Waals surface area (Å²) < 4.78 is 4.81. The van der Waals surface area contributed by atoms with Crippen molar-refractivity contribution >= 4 is 17.7 Å². The SMILES string of the molecule is NCC(=O)OCSCc1ccccc1. The average molecular weight is 211 g/mol. The van der Waals surface area contributed by atoms with Crippen molar-refractivity contribution in [3.63, 3.8) is 0 Å². The Morgan fingerprint density at radius 3 is 2.71 bits per heavy atom. The number of hydrogen-bond acceptors (Lipinski definition) is 4. The van der Waals surface area contributed by atoms with Crippen molar-refractivity contribution in [1.29, 1.82) is 0 Å². The third-order valence-corrected chi connectivity index (χ3v) is 2.40. The quantitative estimate of drug-likeness (QED) is 0.454. The largest absolute Gasteiger partial charge is 0.454 e. The molecule has 1 aromatic carbocycles. The second-order valence-electron chi connectivity index (χ2n) is 2.67. The first kappa shape index (κ1) is 11.1. The van der Waals surface area contributed by atoms with E-state index in [0.717, 1.165) is 5.75 Å². The normalized spacial score (nSPS) is 9.79. The van der Waals surface area contributed by atoms with Crippen molar-refractivity contribution in [2.45, 2.75) is 5.75 Å². The first-order chi connectivity index (χ1) is 6.83. The maximum atomic E-state index is 10.7. The van der Waals surface area contributed by atoms with E-state index in [0.29, 0.717) is 5.94 Å². The lowest BCUT2D eigenvalue weighted by Crippen LogP contribution is -2.16. The van der Waals surface area contributed by atoms with E-state index in [-0.39, 0.29) is 12.5 Å². The summed E-state index contributed by atoms with van der Waals surface area (Å²) in [6, 6.07) is 10.0. The molecule has 0 fully saturated rings. The van der Waals surface area contributed by atoms with Gasteiger partial charge in [-0.1, -0.05) is 30.3 Å². The molecule has 1 rings (SSSR count). The van der Waals surface area contributed by atoms with Gasteiger partial charge in [-0.3, -0.25) is 4.79 Å². The summed E-state index contributed by atoms with van der Waals surface area (Å²) in [5.41, 5.74) is 6.31. The second kappa shape index (κ2) is 6.45. The van der Waals surface area contributed by atoms with Gasteiger partial charge in [-0.2, -0.15) is 0 Å². The van der Waals surface area contributed by atoms with Crippen LogP contribution in [0.3, 0.4) is 0 Å². The molecule has 0 radical (unpaired) electrons. The minimum absolute atomic E-state index is 0.0497. The Labute approximate surface area is 87.6 Å². The molecule has 0 bridgehead atoms. The van der Waals surface area contributed by atoms with Crippen LogP contribution in [0.5, 0.6) is 0 Å². The molecule has 4 heteroatoms. The molecular weight excluding hydrogens is 198 g/mol. The number of nitrogens with two attached hydrogens (primary N) is 1. The van der Waals surface area contributed by atoms with Crippen LogP contribution in [0.4, 0.5) is 0 Å². The molecule has 14 heavy (non-hydrogen) atoms. The van der Waals surface area contributed by atoms with Gasteiger partial charge in [0, 0.05) is 5.75 Å². The predicted molar refractivity (Wildman–Crippen MR) is 57.8 cm³/mol. The van der Waals surface area contributed by atoms with Crippen LogP contribution >= 0.6 is 11.8 Å². The number of thioether (sulfide) groups is 1. The Hall–Kier alpha value is -1.00. The molecule has 0 saturated carbocycles. The molecule has 0 aliphatic rings. The Bertz CT molecular complexity index is 277. The highest BCUT2D eigenvalue weighted by atomic mass is 32.2. The summed E-state index contributed by atoms with van der Waals surface area (Å²) in [6.45, 7) is -0.0497. The number of benzene rings is 1. The fourth-order valence-corrected chi connectivity index (χ4v) is 1.63. The van der Waals surface area contributed by atoms with Gasteiger partial charge >= 0.3 is 5.97 Å². The van der Waals surface area contributed by atoms with Gasteiger partial charge in [0.1, 0.15) is 5.94 Å². The lowest BCUT2D eigenvalue weighted by molar-refractivity contribution is -0.139. The highest BCUT2D eigenvalue weighted by Crippen LogP contribution is 2.11. The lowest BCUT2D eigenvalue weighted by atomic mass is 10.2. The van der Waals surface area contributed by atoms with Crippen molar-refractivity contribution in [3.8, 4) is 0 Å². The van der Waals surface area contributed by atoms with Crippen LogP contribution in [0.25, 0.3) is 0 Å². The second-order valence-corrected chi connectivity index (χ2v) is 3.61. The van der Waals surface area contributed by atoms with Crippen molar-refractivity contribution < 1.29 is 9.53 Å². The summed E-state index contributed by atoms with van der Waals surface area (Å²) in [5, 5.41) is 0. The van der Waals surface area contributed by atoms with E-state index in [1.165, 1.54) is 5.56 Å². The molecule has 0 saturated heterocycles. The summed E-state index contributed by atoms with van der Waals surface area (Å²) in [6.07, 6.45) is 0. The third-order valence-electron chi connectivity index (χ3n) is 1.58. The lowest BCUT2D eigenvalue weighted by Gasteiger charge is -2.02. The number of carbonyl (C=O) groups excluding carboxylic acids is 1. The molecule has 76 valence electrons. The molecule has 0 aliphatic carbocycles. The van der Waals surface area contributed by atoms with Crippen LogP contribution in [0.1, 0.15) is 5.56 Å². The Balaban J connectivity index is 2.13. The highest BCUT2D eigenvalue weighted by molar-refractivity contribution is 7.98. The number of carbonyl (C=O) groups is 1. The molecular formula is C10H13NO2S. The summed E-state index contributed by atoms with van der Waals surface area (Å²) in [5.74, 6) is 0.856. The molecule has 0 aromatic heterocycles. The van der Waals surface area contributed by atoms with Gasteiger partial charge in [0.05, 0.1) is 6.54 Å². The Kier molecular flexibility index (Phi) is 5.11. The van der Waals surface area contributed by atoms with Crippen molar-refractivity contribution in [1.82, 2.24) is 0 Å². The fourth-order valence-electron chi connectivity index (χ4n) is 0.900. The highest BCUT2D eigenvalue weighted by Gasteiger charge is 1.97. The number of rotatable bonds is 5. The molecule has 0 atom stereocenters. The summed E-state index contributed by atoms with van der Waals surface area (Å²) in [4.78, 5) is 10.7. The van der Waals surface area contributed by atoms with E-state index in [9.17, 15) is 4.79 Å². The van der Waals surface area contributed by atoms with Gasteiger partial charge in [0.15, 0.2) is 0 Å². The van der Waals surface area contributed by atoms with Crippen molar-refractivity contribution in [3.05, 3.63) is 35.9 Å². The van der Waals surface area contributed by atoms with Gasteiger partial charge < -0.3 is 10.5 Å². The minimum Gasteiger partial charge on any atom is -0.454 e. The van der Waals surface area contributed by atoms with Crippen LogP contribution in [-0.2, 0) is 15.3 Å². The average Bonchev–Trinajstić information content (AvgIpc) is 2.25. The smallest absolute Gasteiger partial charge is 0.320 e. The summed E-state index contributed by atoms with van der Waals surface area (Å²) >= 11 is 1.55. The maximum absolute atomic E-state index is 10.7. The topological polar surface area (TPSA) is 52.3 Å². The number of esters is 1. The molecule has 0 amide bonds. The molecule has 1 aromatic rings. The van der Waals surface area contributed by atoms with Crippen LogP contribution in [-0.4, -0.2) is 18.5 Å².